The third kappa shape index (κ3) is 13.5. The summed E-state index contributed by atoms with van der Waals surface area (Å²) in [4.78, 5) is 71.1. The zero-order valence-corrected chi connectivity index (χ0v) is 67.4. The number of carboxylic acids is 1. The quantitative estimate of drug-likeness (QED) is 0.0547. The molecule has 602 valence electrons. The molecule has 12 aromatic carbocycles. The minimum Gasteiger partial charge on any atom is -0.493 e. The van der Waals surface area contributed by atoms with E-state index in [1.807, 2.05) is 99.0 Å². The average Bonchev–Trinajstić information content (AvgIpc) is 1.55. The lowest BCUT2D eigenvalue weighted by Crippen LogP contribution is -2.48. The fourth-order valence-corrected chi connectivity index (χ4v) is 15.7. The van der Waals surface area contributed by atoms with E-state index < -0.39 is 11.2 Å². The normalized spacial score (nSPS) is 12.8. The smallest absolute Gasteiger partial charge is 0.336 e. The molecule has 0 aliphatic carbocycles. The van der Waals surface area contributed by atoms with Gasteiger partial charge < -0.3 is 91.1 Å². The molecule has 4 aromatic heterocycles. The van der Waals surface area contributed by atoms with Crippen molar-refractivity contribution in [2.45, 2.75) is 26.3 Å². The summed E-state index contributed by atoms with van der Waals surface area (Å²) < 4.78 is 87.6. The third-order valence-electron chi connectivity index (χ3n) is 22.1. The molecule has 20 rings (SSSR count). The number of ketones is 1. The molecule has 119 heavy (non-hydrogen) atoms. The Morgan fingerprint density at radius 2 is 0.613 bits per heavy atom. The van der Waals surface area contributed by atoms with Crippen LogP contribution < -0.4 is 81.1 Å². The topological polar surface area (TPSA) is 303 Å². The maximum Gasteiger partial charge on any atom is 0.336 e. The van der Waals surface area contributed by atoms with Crippen LogP contribution in [0.1, 0.15) is 62.2 Å². The molecule has 0 fully saturated rings. The highest BCUT2D eigenvalue weighted by atomic mass is 35.5. The predicted octanol–water partition coefficient (Wildman–Crippen LogP) is 17.5. The number of ether oxygens (including phenoxy) is 16. The second kappa shape index (κ2) is 30.7. The number of rotatable bonds is 15. The number of amides is 1. The number of hydrogen-bond acceptors (Lipinski definition) is 25. The Morgan fingerprint density at radius 3 is 0.891 bits per heavy atom. The highest BCUT2D eigenvalue weighted by Crippen LogP contribution is 2.49. The Labute approximate surface area is 682 Å². The number of likely N-dealkylation sites (N-methyl/N-ethyl adjacent to an activating group) is 1. The van der Waals surface area contributed by atoms with Gasteiger partial charge in [-0.2, -0.15) is 0 Å². The molecule has 2 N–H and O–H groups in total. The van der Waals surface area contributed by atoms with Crippen LogP contribution in [-0.2, 0) is 0 Å². The monoisotopic (exact) mass is 1620 g/mol. The van der Waals surface area contributed by atoms with Crippen LogP contribution in [0.5, 0.6) is 92.0 Å². The first-order valence-electron chi connectivity index (χ1n) is 37.3. The van der Waals surface area contributed by atoms with Gasteiger partial charge in [0.1, 0.15) is 0 Å². The lowest BCUT2D eigenvalue weighted by atomic mass is 9.93. The molecule has 4 aliphatic rings. The van der Waals surface area contributed by atoms with Crippen molar-refractivity contribution in [3.63, 3.8) is 0 Å². The molecule has 0 unspecified atom stereocenters. The molecule has 1 amide bonds. The number of halogens is 1. The summed E-state index contributed by atoms with van der Waals surface area (Å²) in [5.41, 5.74) is 4.34. The molecule has 4 aliphatic heterocycles. The Balaban J connectivity index is 0.000000114. The SMILES string of the molecule is COc1cc2cc(C(=O)Cl)c3c4cc5c(cc4ncc3c2cc1OC)OCO5.COc1cc2cc(C(=O)NCC(C)(C)N(C)C)c3c4cc5c(cc4ncc3c2cc1OC)OCO5.COc1cc2cc(C(=O)O)c3c4cc5c(cc4ncc3c2cc1OC)OCO5.COc1cc2cc(C(C)=O)c3c4cc5c(cc4ncc3c2cc1OC)OCO5. The first kappa shape index (κ1) is 77.3. The lowest BCUT2D eigenvalue weighted by molar-refractivity contribution is 0.0698. The molecule has 8 heterocycles. The molecule has 16 aromatic rings. The lowest BCUT2D eigenvalue weighted by Gasteiger charge is -2.32. The van der Waals surface area contributed by atoms with Gasteiger partial charge in [-0.1, -0.05) is 0 Å². The molecule has 0 bridgehead atoms. The van der Waals surface area contributed by atoms with Crippen LogP contribution in [0.3, 0.4) is 0 Å². The van der Waals surface area contributed by atoms with E-state index in [0.717, 1.165) is 97.2 Å². The molecule has 0 saturated heterocycles. The maximum atomic E-state index is 13.7. The van der Waals surface area contributed by atoms with Crippen LogP contribution in [0.4, 0.5) is 0 Å². The van der Waals surface area contributed by atoms with Gasteiger partial charge in [-0.15, -0.1) is 0 Å². The van der Waals surface area contributed by atoms with Crippen LogP contribution >= 0.6 is 11.6 Å². The largest absolute Gasteiger partial charge is 0.493 e. The van der Waals surface area contributed by atoms with Gasteiger partial charge in [-0.3, -0.25) is 34.3 Å². The van der Waals surface area contributed by atoms with Gasteiger partial charge in [0.05, 0.1) is 84.5 Å². The molecular weight excluding hydrogens is 1550 g/mol. The zero-order chi connectivity index (χ0) is 83.1. The van der Waals surface area contributed by atoms with Crippen LogP contribution in [0.2, 0.25) is 0 Å². The number of pyridine rings is 4. The molecule has 27 nitrogen and oxygen atoms in total. The van der Waals surface area contributed by atoms with Crippen molar-refractivity contribution in [3.05, 3.63) is 168 Å². The van der Waals surface area contributed by atoms with Crippen molar-refractivity contribution < 1.29 is 100 Å². The molecule has 0 atom stereocenters. The number of fused-ring (bicyclic) bond motifs is 24. The first-order chi connectivity index (χ1) is 57.5. The van der Waals surface area contributed by atoms with E-state index in [0.29, 0.717) is 148 Å². The molecular formula is C91H75ClN6O21. The molecule has 0 spiro atoms. The summed E-state index contributed by atoms with van der Waals surface area (Å²) in [6.45, 7) is 6.87. The van der Waals surface area contributed by atoms with E-state index in [-0.39, 0.29) is 50.0 Å². The molecule has 28 heteroatoms. The Bertz CT molecular complexity index is 6560. The van der Waals surface area contributed by atoms with Gasteiger partial charge in [-0.05, 0) is 187 Å². The number of benzene rings is 12. The highest BCUT2D eigenvalue weighted by molar-refractivity contribution is 6.69. The van der Waals surface area contributed by atoms with E-state index in [1.165, 1.54) is 0 Å². The van der Waals surface area contributed by atoms with E-state index in [1.54, 1.807) is 125 Å². The number of carbonyl (C=O) groups is 4. The van der Waals surface area contributed by atoms with Crippen molar-refractivity contribution in [2.75, 3.05) is 105 Å². The average molecular weight is 1620 g/mol. The summed E-state index contributed by atoms with van der Waals surface area (Å²) in [5.74, 6) is 8.51. The fourth-order valence-electron chi connectivity index (χ4n) is 15.5. The van der Waals surface area contributed by atoms with Crippen LogP contribution in [0.25, 0.3) is 130 Å². The van der Waals surface area contributed by atoms with Crippen LogP contribution in [-0.4, -0.2) is 163 Å². The second-order valence-electron chi connectivity index (χ2n) is 29.0. The highest BCUT2D eigenvalue weighted by Gasteiger charge is 2.29. The first-order valence-corrected chi connectivity index (χ1v) is 37.7. The van der Waals surface area contributed by atoms with Gasteiger partial charge in [-0.25, -0.2) is 4.79 Å². The minimum absolute atomic E-state index is 0.0214. The van der Waals surface area contributed by atoms with E-state index in [9.17, 15) is 24.3 Å². The number of carboxylic acid groups (broad SMARTS) is 1. The van der Waals surface area contributed by atoms with Gasteiger partial charge in [0.2, 0.25) is 27.2 Å². The van der Waals surface area contributed by atoms with Crippen LogP contribution in [0.15, 0.2) is 146 Å². The van der Waals surface area contributed by atoms with Crippen molar-refractivity contribution in [1.82, 2.24) is 30.2 Å². The second-order valence-corrected chi connectivity index (χ2v) is 29.4. The number of carbonyl (C=O) groups excluding carboxylic acids is 3. The Hall–Kier alpha value is -14.3. The minimum atomic E-state index is -1.02. The number of hydrogen-bond donors (Lipinski definition) is 2. The third-order valence-corrected chi connectivity index (χ3v) is 22.3. The zero-order valence-electron chi connectivity index (χ0n) is 66.6. The Morgan fingerprint density at radius 1 is 0.361 bits per heavy atom. The van der Waals surface area contributed by atoms with Crippen molar-refractivity contribution in [3.8, 4) is 92.0 Å². The molecule has 0 radical (unpaired) electrons. The van der Waals surface area contributed by atoms with Crippen molar-refractivity contribution >= 4 is 164 Å². The maximum absolute atomic E-state index is 13.7. The van der Waals surface area contributed by atoms with E-state index in [2.05, 4.69) is 39.0 Å². The van der Waals surface area contributed by atoms with Gasteiger partial charge >= 0.3 is 5.97 Å². The summed E-state index contributed by atoms with van der Waals surface area (Å²) in [6, 6.07) is 36.8. The summed E-state index contributed by atoms with van der Waals surface area (Å²) >= 11 is 5.96. The number of aromatic carboxylic acids is 1. The predicted molar refractivity (Wildman–Crippen MR) is 451 cm³/mol. The number of methoxy groups -OCH3 is 8. The summed E-state index contributed by atoms with van der Waals surface area (Å²) in [6.07, 6.45) is 7.01. The number of nitrogens with zero attached hydrogens (tertiary/aromatic N) is 5. The number of nitrogens with one attached hydrogen (secondary N) is 1. The summed E-state index contributed by atoms with van der Waals surface area (Å²) in [5, 5.41) is 28.6. The fraction of sp³-hybridized carbons (Fsp3) is 0.209. The van der Waals surface area contributed by atoms with E-state index in [4.69, 9.17) is 92.4 Å². The standard InChI is InChI=1S/C27H29N3O5.C22H17NO5.C21H14ClNO5.C21H15NO6/c1-27(2,30(3)4)13-29-26(31)18-7-15-8-21(32-5)22(33-6)9-16(15)19-12-28-20-11-24-23(34-14-35-24)10-17(20)25(18)19;1-11(24)13-4-12-5-18(25-2)19(26-3)6-14(12)16-9-23-17-8-21-20(27-10-28-21)7-15(17)22(13)16;1-25-16-4-10-3-13(21(22)24)20-12-6-18-19(28-9-27-18)7-15(12)23-8-14(20)11(10)5-17(16)26-2;1-25-16-4-10-3-13(21(23)24)20-12-6-18-19(28-9-27-18)7-15(12)22-8-14(20)11(10)5-17(16)26-2/h7-12H,13-14H2,1-6H3,(H,29,31);4-9H,10H2,1-3H3;3-8H,9H2,1-2H3;3-8H,9H2,1-2H3,(H,23,24). The van der Waals surface area contributed by atoms with Gasteiger partial charge in [0.15, 0.2) is 97.8 Å². The molecule has 0 saturated carbocycles. The van der Waals surface area contributed by atoms with E-state index >= 15 is 0 Å². The van der Waals surface area contributed by atoms with Crippen LogP contribution in [0, 0.1) is 0 Å². The number of aromatic nitrogens is 4. The van der Waals surface area contributed by atoms with Crippen molar-refractivity contribution in [2.24, 2.45) is 0 Å². The number of Topliss-reactive ketones (excluding diaryl/α,β-unsaturated/α-hetero) is 1. The summed E-state index contributed by atoms with van der Waals surface area (Å²) in [7, 11) is 16.6. The van der Waals surface area contributed by atoms with Crippen molar-refractivity contribution in [1.29, 1.82) is 0 Å². The van der Waals surface area contributed by atoms with Gasteiger partial charge in [0.25, 0.3) is 11.1 Å². The van der Waals surface area contributed by atoms with Gasteiger partial charge in [0, 0.05) is 142 Å². The Kier molecular flexibility index (Phi) is 19.9.